The molecule has 0 unspecified atom stereocenters. The molecule has 0 saturated carbocycles. The Bertz CT molecular complexity index is 766. The molecule has 0 spiro atoms. The molecule has 0 aliphatic rings. The van der Waals surface area contributed by atoms with Crippen molar-refractivity contribution in [3.8, 4) is 11.4 Å². The number of hydrogen-bond acceptors (Lipinski definition) is 5. The molecule has 2 heterocycles. The number of aliphatic carboxylic acids is 1. The van der Waals surface area contributed by atoms with Crippen LogP contribution in [0.15, 0.2) is 23.1 Å². The number of pyridine rings is 1. The number of carboxylic acids is 1. The maximum Gasteiger partial charge on any atom is 0.326 e. The van der Waals surface area contributed by atoms with E-state index in [0.29, 0.717) is 28.5 Å². The minimum atomic E-state index is -0.925. The van der Waals surface area contributed by atoms with Crippen LogP contribution < -0.4 is 10.9 Å². The zero-order chi connectivity index (χ0) is 17.1. The van der Waals surface area contributed by atoms with Crippen molar-refractivity contribution in [2.45, 2.75) is 33.7 Å². The first-order valence-electron chi connectivity index (χ1n) is 7.33. The van der Waals surface area contributed by atoms with Gasteiger partial charge in [0.05, 0.1) is 0 Å². The summed E-state index contributed by atoms with van der Waals surface area (Å²) in [4.78, 5) is 34.3. The number of hydrogen-bond donors (Lipinski definition) is 3. The molecule has 0 amide bonds. The van der Waals surface area contributed by atoms with E-state index in [2.05, 4.69) is 20.3 Å². The van der Waals surface area contributed by atoms with Crippen molar-refractivity contribution in [1.29, 1.82) is 0 Å². The number of anilines is 1. The van der Waals surface area contributed by atoms with E-state index in [1.165, 1.54) is 0 Å². The lowest BCUT2D eigenvalue weighted by Crippen LogP contribution is -2.34. The highest BCUT2D eigenvalue weighted by Crippen LogP contribution is 2.17. The van der Waals surface area contributed by atoms with Crippen LogP contribution in [0.25, 0.3) is 11.4 Å². The van der Waals surface area contributed by atoms with E-state index >= 15 is 0 Å². The minimum Gasteiger partial charge on any atom is -0.480 e. The number of rotatable bonds is 5. The Kier molecular flexibility index (Phi) is 4.78. The fourth-order valence-electron chi connectivity index (χ4n) is 2.07. The Morgan fingerprint density at radius 1 is 1.30 bits per heavy atom. The number of nitrogens with one attached hydrogen (secondary N) is 2. The van der Waals surface area contributed by atoms with Crippen LogP contribution in [0.1, 0.15) is 25.1 Å². The van der Waals surface area contributed by atoms with Crippen molar-refractivity contribution in [2.24, 2.45) is 5.92 Å². The first kappa shape index (κ1) is 16.7. The minimum absolute atomic E-state index is 0.0771. The van der Waals surface area contributed by atoms with E-state index in [1.807, 2.05) is 13.8 Å². The third-order valence-corrected chi connectivity index (χ3v) is 3.67. The number of nitrogens with zero attached hydrogens (tertiary/aromatic N) is 2. The highest BCUT2D eigenvalue weighted by atomic mass is 16.4. The molecule has 1 atom stereocenters. The van der Waals surface area contributed by atoms with Crippen LogP contribution in [-0.2, 0) is 4.79 Å². The Morgan fingerprint density at radius 2 is 2.00 bits per heavy atom. The van der Waals surface area contributed by atoms with Crippen LogP contribution in [-0.4, -0.2) is 32.1 Å². The summed E-state index contributed by atoms with van der Waals surface area (Å²) in [6.07, 6.45) is 1.55. The van der Waals surface area contributed by atoms with Crippen LogP contribution in [0, 0.1) is 19.8 Å². The number of carboxylic acid groups (broad SMARTS) is 1. The van der Waals surface area contributed by atoms with Crippen LogP contribution in [0.4, 0.5) is 5.82 Å². The molecular formula is C16H20N4O3. The summed E-state index contributed by atoms with van der Waals surface area (Å²) in [6.45, 7) is 7.14. The molecule has 7 nitrogen and oxygen atoms in total. The molecule has 2 rings (SSSR count). The summed E-state index contributed by atoms with van der Waals surface area (Å²) < 4.78 is 0. The summed E-state index contributed by atoms with van der Waals surface area (Å²) in [7, 11) is 0. The van der Waals surface area contributed by atoms with Gasteiger partial charge in [0.2, 0.25) is 0 Å². The topological polar surface area (TPSA) is 108 Å². The van der Waals surface area contributed by atoms with Gasteiger partial charge >= 0.3 is 5.97 Å². The Morgan fingerprint density at radius 3 is 2.48 bits per heavy atom. The van der Waals surface area contributed by atoms with Gasteiger partial charge in [-0.2, -0.15) is 0 Å². The maximum atomic E-state index is 11.8. The van der Waals surface area contributed by atoms with Crippen LogP contribution in [0.2, 0.25) is 0 Å². The molecule has 0 aliphatic heterocycles. The highest BCUT2D eigenvalue weighted by molar-refractivity contribution is 5.77. The van der Waals surface area contributed by atoms with Gasteiger partial charge in [0, 0.05) is 23.0 Å². The van der Waals surface area contributed by atoms with E-state index in [4.69, 9.17) is 0 Å². The van der Waals surface area contributed by atoms with Crippen molar-refractivity contribution >= 4 is 11.8 Å². The van der Waals surface area contributed by atoms with Crippen molar-refractivity contribution < 1.29 is 9.90 Å². The summed E-state index contributed by atoms with van der Waals surface area (Å²) in [5.74, 6) is -0.102. The summed E-state index contributed by atoms with van der Waals surface area (Å²) in [6, 6.07) is 2.69. The van der Waals surface area contributed by atoms with Gasteiger partial charge in [0.25, 0.3) is 5.56 Å². The predicted octanol–water partition coefficient (Wildman–Crippen LogP) is 1.97. The molecule has 0 aromatic carbocycles. The highest BCUT2D eigenvalue weighted by Gasteiger charge is 2.21. The molecular weight excluding hydrogens is 296 g/mol. The lowest BCUT2D eigenvalue weighted by molar-refractivity contribution is -0.138. The standard InChI is InChI=1S/C16H20N4O3/c1-8(2)13(16(22)23)19-12-6-5-11(7-17-12)14-18-10(4)9(3)15(21)20-14/h5-8,13H,1-4H3,(H,17,19)(H,22,23)(H,18,20,21)/t13-/m1/s1. The zero-order valence-corrected chi connectivity index (χ0v) is 13.5. The first-order valence-corrected chi connectivity index (χ1v) is 7.33. The molecule has 0 bridgehead atoms. The molecule has 3 N–H and O–H groups in total. The Balaban J connectivity index is 2.26. The van der Waals surface area contributed by atoms with Crippen molar-refractivity contribution in [3.63, 3.8) is 0 Å². The van der Waals surface area contributed by atoms with Crippen molar-refractivity contribution in [2.75, 3.05) is 5.32 Å². The molecule has 0 radical (unpaired) electrons. The molecule has 0 fully saturated rings. The fourth-order valence-corrected chi connectivity index (χ4v) is 2.07. The maximum absolute atomic E-state index is 11.8. The predicted molar refractivity (Wildman–Crippen MR) is 87.4 cm³/mol. The number of carbonyl (C=O) groups is 1. The lowest BCUT2D eigenvalue weighted by Gasteiger charge is -2.18. The second-order valence-electron chi connectivity index (χ2n) is 5.76. The van der Waals surface area contributed by atoms with Crippen molar-refractivity contribution in [1.82, 2.24) is 15.0 Å². The van der Waals surface area contributed by atoms with Gasteiger partial charge in [-0.3, -0.25) is 4.79 Å². The smallest absolute Gasteiger partial charge is 0.326 e. The SMILES string of the molecule is Cc1nc(-c2ccc(N[C@@H](C(=O)O)C(C)C)nc2)[nH]c(=O)c1C. The largest absolute Gasteiger partial charge is 0.480 e. The second-order valence-corrected chi connectivity index (χ2v) is 5.76. The summed E-state index contributed by atoms with van der Waals surface area (Å²) >= 11 is 0. The average Bonchev–Trinajstić information content (AvgIpc) is 2.49. The second kappa shape index (κ2) is 6.60. The van der Waals surface area contributed by atoms with Gasteiger partial charge in [0.1, 0.15) is 17.7 Å². The van der Waals surface area contributed by atoms with Gasteiger partial charge < -0.3 is 15.4 Å². The number of aromatic nitrogens is 3. The molecule has 23 heavy (non-hydrogen) atoms. The first-order chi connectivity index (χ1) is 10.8. The molecule has 0 saturated heterocycles. The molecule has 0 aliphatic carbocycles. The van der Waals surface area contributed by atoms with E-state index in [0.717, 1.165) is 0 Å². The summed E-state index contributed by atoms with van der Waals surface area (Å²) in [5.41, 5.74) is 1.73. The van der Waals surface area contributed by atoms with Gasteiger partial charge in [-0.25, -0.2) is 14.8 Å². The third-order valence-electron chi connectivity index (χ3n) is 3.67. The third kappa shape index (κ3) is 3.74. The van der Waals surface area contributed by atoms with E-state index in [9.17, 15) is 14.7 Å². The molecule has 7 heteroatoms. The lowest BCUT2D eigenvalue weighted by atomic mass is 10.1. The van der Waals surface area contributed by atoms with E-state index in [1.54, 1.807) is 32.2 Å². The van der Waals surface area contributed by atoms with Crippen LogP contribution >= 0.6 is 0 Å². The molecule has 122 valence electrons. The van der Waals surface area contributed by atoms with Gasteiger partial charge in [0.15, 0.2) is 0 Å². The fraction of sp³-hybridized carbons (Fsp3) is 0.375. The quantitative estimate of drug-likeness (QED) is 0.778. The molecule has 2 aromatic rings. The van der Waals surface area contributed by atoms with E-state index in [-0.39, 0.29) is 11.5 Å². The van der Waals surface area contributed by atoms with Crippen LogP contribution in [0.3, 0.4) is 0 Å². The average molecular weight is 316 g/mol. The van der Waals surface area contributed by atoms with Crippen LogP contribution in [0.5, 0.6) is 0 Å². The van der Waals surface area contributed by atoms with Gasteiger partial charge in [-0.1, -0.05) is 13.8 Å². The van der Waals surface area contributed by atoms with Crippen molar-refractivity contribution in [3.05, 3.63) is 39.9 Å². The normalized spacial score (nSPS) is 12.2. The van der Waals surface area contributed by atoms with Gasteiger partial charge in [-0.15, -0.1) is 0 Å². The number of aryl methyl sites for hydroxylation is 1. The van der Waals surface area contributed by atoms with Gasteiger partial charge in [-0.05, 0) is 31.9 Å². The van der Waals surface area contributed by atoms with E-state index < -0.39 is 12.0 Å². The monoisotopic (exact) mass is 316 g/mol. The number of H-pyrrole nitrogens is 1. The molecule has 2 aromatic heterocycles. The Labute approximate surface area is 133 Å². The Hall–Kier alpha value is -2.70. The summed E-state index contributed by atoms with van der Waals surface area (Å²) in [5, 5.41) is 12.1. The zero-order valence-electron chi connectivity index (χ0n) is 13.5. The number of aromatic amines is 1.